The Kier molecular flexibility index (Phi) is 5.60. The Labute approximate surface area is 127 Å². The van der Waals surface area contributed by atoms with Gasteiger partial charge in [-0.2, -0.15) is 5.10 Å². The molecule has 112 valence electrons. The minimum Gasteiger partial charge on any atom is -0.380 e. The molecule has 0 atom stereocenters. The lowest BCUT2D eigenvalue weighted by Crippen LogP contribution is -2.26. The molecule has 0 amide bonds. The van der Waals surface area contributed by atoms with E-state index in [1.54, 1.807) is 6.20 Å². The summed E-state index contributed by atoms with van der Waals surface area (Å²) >= 11 is 3.34. The third-order valence-electron chi connectivity index (χ3n) is 3.51. The van der Waals surface area contributed by atoms with Crippen molar-refractivity contribution in [1.29, 1.82) is 0 Å². The van der Waals surface area contributed by atoms with E-state index in [4.69, 9.17) is 4.74 Å². The molecule has 0 saturated heterocycles. The minimum absolute atomic E-state index is 0.0542. The summed E-state index contributed by atoms with van der Waals surface area (Å²) < 4.78 is 7.77. The van der Waals surface area contributed by atoms with Gasteiger partial charge in [-0.15, -0.1) is 0 Å². The predicted molar refractivity (Wildman–Crippen MR) is 83.3 cm³/mol. The fraction of sp³-hybridized carbons (Fsp3) is 0.714. The van der Waals surface area contributed by atoms with Crippen LogP contribution >= 0.6 is 15.9 Å². The molecule has 0 spiro atoms. The fourth-order valence-corrected chi connectivity index (χ4v) is 2.83. The first-order valence-corrected chi connectivity index (χ1v) is 8.01. The average molecular weight is 344 g/mol. The summed E-state index contributed by atoms with van der Waals surface area (Å²) in [5, 5.41) is 7.36. The maximum absolute atomic E-state index is 12.1. The normalized spacial score (nSPS) is 16.0. The lowest BCUT2D eigenvalue weighted by molar-refractivity contribution is 0.0659. The highest BCUT2D eigenvalue weighted by Gasteiger charge is 2.15. The van der Waals surface area contributed by atoms with E-state index < -0.39 is 0 Å². The second kappa shape index (κ2) is 7.22. The van der Waals surface area contributed by atoms with Gasteiger partial charge in [0.05, 0.1) is 30.6 Å². The molecule has 1 aliphatic carbocycles. The van der Waals surface area contributed by atoms with Crippen molar-refractivity contribution in [2.24, 2.45) is 0 Å². The van der Waals surface area contributed by atoms with Crippen molar-refractivity contribution in [3.05, 3.63) is 21.0 Å². The van der Waals surface area contributed by atoms with Crippen molar-refractivity contribution in [3.8, 4) is 0 Å². The molecule has 1 aliphatic rings. The molecule has 0 unspecified atom stereocenters. The first kappa shape index (κ1) is 15.5. The Morgan fingerprint density at radius 3 is 2.85 bits per heavy atom. The molecule has 1 aromatic rings. The van der Waals surface area contributed by atoms with Crippen LogP contribution in [0.3, 0.4) is 0 Å². The lowest BCUT2D eigenvalue weighted by Gasteiger charge is -2.14. The molecule has 1 aromatic heterocycles. The first-order chi connectivity index (χ1) is 9.59. The molecule has 1 heterocycles. The number of anilines is 1. The summed E-state index contributed by atoms with van der Waals surface area (Å²) in [4.78, 5) is 12.1. The monoisotopic (exact) mass is 343 g/mol. The number of rotatable bonds is 6. The molecule has 1 fully saturated rings. The Bertz CT molecular complexity index is 496. The van der Waals surface area contributed by atoms with E-state index in [9.17, 15) is 4.79 Å². The van der Waals surface area contributed by atoms with Gasteiger partial charge >= 0.3 is 0 Å². The highest BCUT2D eigenvalue weighted by molar-refractivity contribution is 9.10. The summed E-state index contributed by atoms with van der Waals surface area (Å²) in [6.07, 6.45) is 7.02. The molecule has 5 nitrogen and oxygen atoms in total. The van der Waals surface area contributed by atoms with Crippen LogP contribution in [-0.4, -0.2) is 29.0 Å². The quantitative estimate of drug-likeness (QED) is 0.806. The van der Waals surface area contributed by atoms with Gasteiger partial charge in [0.2, 0.25) is 0 Å². The zero-order valence-corrected chi connectivity index (χ0v) is 13.6. The number of nitrogens with zero attached hydrogens (tertiary/aromatic N) is 2. The van der Waals surface area contributed by atoms with Crippen LogP contribution in [0.5, 0.6) is 0 Å². The molecule has 0 radical (unpaired) electrons. The Balaban J connectivity index is 1.86. The summed E-state index contributed by atoms with van der Waals surface area (Å²) in [5.41, 5.74) is 0.614. The molecule has 1 N–H and O–H groups in total. The van der Waals surface area contributed by atoms with Gasteiger partial charge < -0.3 is 10.1 Å². The molecule has 0 aliphatic heterocycles. The van der Waals surface area contributed by atoms with Crippen LogP contribution < -0.4 is 10.9 Å². The van der Waals surface area contributed by atoms with Crippen LogP contribution in [0.25, 0.3) is 0 Å². The summed E-state index contributed by atoms with van der Waals surface area (Å²) in [6, 6.07) is 0.0542. The molecule has 0 aromatic carbocycles. The number of hydrogen-bond donors (Lipinski definition) is 1. The van der Waals surface area contributed by atoms with Crippen molar-refractivity contribution < 1.29 is 4.74 Å². The van der Waals surface area contributed by atoms with Crippen LogP contribution in [0, 0.1) is 0 Å². The van der Waals surface area contributed by atoms with Gasteiger partial charge in [-0.1, -0.05) is 12.8 Å². The zero-order valence-electron chi connectivity index (χ0n) is 12.1. The van der Waals surface area contributed by atoms with Gasteiger partial charge in [0.15, 0.2) is 0 Å². The van der Waals surface area contributed by atoms with E-state index in [1.165, 1.54) is 30.4 Å². The second-order valence-corrected chi connectivity index (χ2v) is 6.21. The first-order valence-electron chi connectivity index (χ1n) is 7.22. The molecular formula is C14H22BrN3O2. The van der Waals surface area contributed by atoms with Crippen LogP contribution in [0.1, 0.15) is 45.6 Å². The van der Waals surface area contributed by atoms with E-state index in [-0.39, 0.29) is 11.6 Å². The predicted octanol–water partition coefficient (Wildman–Crippen LogP) is 2.96. The number of ether oxygens (including phenoxy) is 1. The summed E-state index contributed by atoms with van der Waals surface area (Å²) in [7, 11) is 0. The third kappa shape index (κ3) is 3.82. The van der Waals surface area contributed by atoms with Crippen molar-refractivity contribution in [3.63, 3.8) is 0 Å². The van der Waals surface area contributed by atoms with E-state index >= 15 is 0 Å². The van der Waals surface area contributed by atoms with Crippen LogP contribution in [-0.2, 0) is 4.74 Å². The number of halogens is 1. The van der Waals surface area contributed by atoms with Crippen LogP contribution in [0.15, 0.2) is 15.5 Å². The zero-order chi connectivity index (χ0) is 14.5. The lowest BCUT2D eigenvalue weighted by atomic mass is 10.3. The minimum atomic E-state index is -0.110. The molecular weight excluding hydrogens is 322 g/mol. The summed E-state index contributed by atoms with van der Waals surface area (Å²) in [6.45, 7) is 5.21. The van der Waals surface area contributed by atoms with E-state index in [1.807, 2.05) is 13.8 Å². The average Bonchev–Trinajstić information content (AvgIpc) is 2.92. The van der Waals surface area contributed by atoms with Crippen LogP contribution in [0.2, 0.25) is 0 Å². The van der Waals surface area contributed by atoms with Crippen LogP contribution in [0.4, 0.5) is 5.69 Å². The standard InChI is InChI=1S/C14H22BrN3O2/c1-10(2)18-14(19)13(15)12(9-17-18)16-7-8-20-11-5-3-4-6-11/h9-11,16H,3-8H2,1-2H3. The van der Waals surface area contributed by atoms with Crippen molar-refractivity contribution in [1.82, 2.24) is 9.78 Å². The maximum Gasteiger partial charge on any atom is 0.283 e. The van der Waals surface area contributed by atoms with E-state index in [0.717, 1.165) is 5.69 Å². The highest BCUT2D eigenvalue weighted by atomic mass is 79.9. The molecule has 1 saturated carbocycles. The Morgan fingerprint density at radius 1 is 1.50 bits per heavy atom. The number of hydrogen-bond acceptors (Lipinski definition) is 4. The molecule has 6 heteroatoms. The largest absolute Gasteiger partial charge is 0.380 e. The maximum atomic E-state index is 12.1. The second-order valence-electron chi connectivity index (χ2n) is 5.42. The SMILES string of the molecule is CC(C)n1ncc(NCCOC2CCCC2)c(Br)c1=O. The fourth-order valence-electron chi connectivity index (χ4n) is 2.40. The Morgan fingerprint density at radius 2 is 2.20 bits per heavy atom. The van der Waals surface area contributed by atoms with E-state index in [0.29, 0.717) is 23.7 Å². The van der Waals surface area contributed by atoms with Gasteiger partial charge in [0, 0.05) is 6.54 Å². The van der Waals surface area contributed by atoms with Gasteiger partial charge in [-0.25, -0.2) is 4.68 Å². The van der Waals surface area contributed by atoms with Crippen molar-refractivity contribution in [2.45, 2.75) is 51.7 Å². The number of aromatic nitrogens is 2. The topological polar surface area (TPSA) is 56.1 Å². The van der Waals surface area contributed by atoms with Gasteiger partial charge in [-0.05, 0) is 42.6 Å². The smallest absolute Gasteiger partial charge is 0.283 e. The van der Waals surface area contributed by atoms with E-state index in [2.05, 4.69) is 26.3 Å². The number of nitrogens with one attached hydrogen (secondary N) is 1. The van der Waals surface area contributed by atoms with Crippen molar-refractivity contribution in [2.75, 3.05) is 18.5 Å². The molecule has 20 heavy (non-hydrogen) atoms. The Hall–Kier alpha value is -0.880. The van der Waals surface area contributed by atoms with Gasteiger partial charge in [-0.3, -0.25) is 4.79 Å². The summed E-state index contributed by atoms with van der Waals surface area (Å²) in [5.74, 6) is 0. The third-order valence-corrected chi connectivity index (χ3v) is 4.27. The van der Waals surface area contributed by atoms with Gasteiger partial charge in [0.25, 0.3) is 5.56 Å². The highest BCUT2D eigenvalue weighted by Crippen LogP contribution is 2.21. The molecule has 0 bridgehead atoms. The molecule has 2 rings (SSSR count). The van der Waals surface area contributed by atoms with Crippen molar-refractivity contribution >= 4 is 21.6 Å². The van der Waals surface area contributed by atoms with Gasteiger partial charge in [0.1, 0.15) is 4.47 Å².